The Labute approximate surface area is 110 Å². The molecule has 0 spiro atoms. The Bertz CT molecular complexity index is 474. The van der Waals surface area contributed by atoms with Crippen molar-refractivity contribution in [3.05, 3.63) is 29.3 Å². The molecule has 2 bridgehead atoms. The van der Waals surface area contributed by atoms with E-state index in [1.165, 1.54) is 43.2 Å². The topological polar surface area (TPSA) is 20.2 Å². The SMILES string of the molecule is CCC12CCCC(Cc3ccc(O)cc31)C2(C)C. The zero-order chi connectivity index (χ0) is 13.0. The third-order valence-electron chi connectivity index (χ3n) is 6.09. The van der Waals surface area contributed by atoms with E-state index in [2.05, 4.69) is 26.8 Å². The molecule has 0 amide bonds. The Morgan fingerprint density at radius 2 is 2.11 bits per heavy atom. The highest BCUT2D eigenvalue weighted by atomic mass is 16.3. The second-order valence-corrected chi connectivity index (χ2v) is 6.79. The molecule has 3 rings (SSSR count). The van der Waals surface area contributed by atoms with Crippen molar-refractivity contribution in [2.45, 2.75) is 58.3 Å². The molecule has 2 unspecified atom stereocenters. The quantitative estimate of drug-likeness (QED) is 0.775. The normalized spacial score (nSPS) is 32.9. The standard InChI is InChI=1S/C17H24O/c1-4-17-9-5-6-13(16(17,2)3)10-12-7-8-14(18)11-15(12)17/h7-8,11,13,18H,4-6,9-10H2,1-3H3. The van der Waals surface area contributed by atoms with Crippen LogP contribution in [0.5, 0.6) is 5.75 Å². The molecular weight excluding hydrogens is 220 g/mol. The Morgan fingerprint density at radius 3 is 2.83 bits per heavy atom. The van der Waals surface area contributed by atoms with E-state index in [-0.39, 0.29) is 5.41 Å². The van der Waals surface area contributed by atoms with Crippen LogP contribution in [0.15, 0.2) is 18.2 Å². The first kappa shape index (κ1) is 12.1. The van der Waals surface area contributed by atoms with Crippen molar-refractivity contribution in [1.82, 2.24) is 0 Å². The minimum Gasteiger partial charge on any atom is -0.508 e. The lowest BCUT2D eigenvalue weighted by Gasteiger charge is -2.59. The highest BCUT2D eigenvalue weighted by Gasteiger charge is 2.54. The molecule has 0 aromatic heterocycles. The molecule has 1 nitrogen and oxygen atoms in total. The maximum atomic E-state index is 9.87. The van der Waals surface area contributed by atoms with Crippen LogP contribution >= 0.6 is 0 Å². The van der Waals surface area contributed by atoms with Crippen LogP contribution in [0.2, 0.25) is 0 Å². The highest BCUT2D eigenvalue weighted by Crippen LogP contribution is 2.61. The zero-order valence-corrected chi connectivity index (χ0v) is 11.8. The first-order chi connectivity index (χ1) is 8.51. The molecule has 1 saturated carbocycles. The average molecular weight is 244 g/mol. The first-order valence-electron chi connectivity index (χ1n) is 7.33. The minimum atomic E-state index is 0.280. The second-order valence-electron chi connectivity index (χ2n) is 6.79. The van der Waals surface area contributed by atoms with Gasteiger partial charge in [-0.05, 0) is 60.3 Å². The molecule has 18 heavy (non-hydrogen) atoms. The van der Waals surface area contributed by atoms with Gasteiger partial charge in [-0.2, -0.15) is 0 Å². The third-order valence-corrected chi connectivity index (χ3v) is 6.09. The number of aromatic hydroxyl groups is 1. The molecule has 1 aromatic carbocycles. The highest BCUT2D eigenvalue weighted by molar-refractivity contribution is 5.45. The Kier molecular flexibility index (Phi) is 2.52. The Balaban J connectivity index is 2.25. The summed E-state index contributed by atoms with van der Waals surface area (Å²) in [6, 6.07) is 6.06. The van der Waals surface area contributed by atoms with E-state index >= 15 is 0 Å². The second kappa shape index (κ2) is 3.76. The summed E-state index contributed by atoms with van der Waals surface area (Å²) in [5, 5.41) is 9.87. The minimum absolute atomic E-state index is 0.280. The summed E-state index contributed by atoms with van der Waals surface area (Å²) >= 11 is 0. The lowest BCUT2D eigenvalue weighted by atomic mass is 9.45. The van der Waals surface area contributed by atoms with Gasteiger partial charge < -0.3 is 5.11 Å². The average Bonchev–Trinajstić information content (AvgIpc) is 2.31. The fraction of sp³-hybridized carbons (Fsp3) is 0.647. The van der Waals surface area contributed by atoms with Gasteiger partial charge in [-0.3, -0.25) is 0 Å². The smallest absolute Gasteiger partial charge is 0.115 e. The summed E-state index contributed by atoms with van der Waals surface area (Å²) in [5.74, 6) is 1.24. The van der Waals surface area contributed by atoms with Gasteiger partial charge in [0.25, 0.3) is 0 Å². The predicted molar refractivity (Wildman–Crippen MR) is 74.9 cm³/mol. The zero-order valence-electron chi connectivity index (χ0n) is 11.8. The van der Waals surface area contributed by atoms with E-state index in [1.54, 1.807) is 0 Å². The lowest BCUT2D eigenvalue weighted by molar-refractivity contribution is 0.00782. The number of benzene rings is 1. The summed E-state index contributed by atoms with van der Waals surface area (Å²) in [7, 11) is 0. The molecule has 1 fully saturated rings. The van der Waals surface area contributed by atoms with Crippen LogP contribution in [0.25, 0.3) is 0 Å². The van der Waals surface area contributed by atoms with Gasteiger partial charge in [0, 0.05) is 5.41 Å². The van der Waals surface area contributed by atoms with Crippen LogP contribution in [0, 0.1) is 11.3 Å². The van der Waals surface area contributed by atoms with E-state index in [9.17, 15) is 5.11 Å². The van der Waals surface area contributed by atoms with E-state index < -0.39 is 0 Å². The maximum Gasteiger partial charge on any atom is 0.115 e. The fourth-order valence-electron chi connectivity index (χ4n) is 4.84. The van der Waals surface area contributed by atoms with Gasteiger partial charge in [0.2, 0.25) is 0 Å². The van der Waals surface area contributed by atoms with Crippen molar-refractivity contribution in [2.75, 3.05) is 0 Å². The molecule has 2 aliphatic rings. The van der Waals surface area contributed by atoms with Crippen molar-refractivity contribution in [2.24, 2.45) is 11.3 Å². The van der Waals surface area contributed by atoms with Gasteiger partial charge in [-0.25, -0.2) is 0 Å². The van der Waals surface area contributed by atoms with E-state index in [1.807, 2.05) is 12.1 Å². The van der Waals surface area contributed by atoms with Gasteiger partial charge >= 0.3 is 0 Å². The van der Waals surface area contributed by atoms with Crippen molar-refractivity contribution >= 4 is 0 Å². The molecule has 1 aromatic rings. The monoisotopic (exact) mass is 244 g/mol. The van der Waals surface area contributed by atoms with E-state index in [4.69, 9.17) is 0 Å². The molecule has 0 saturated heterocycles. The number of phenols is 1. The van der Waals surface area contributed by atoms with Crippen molar-refractivity contribution in [3.63, 3.8) is 0 Å². The molecule has 2 atom stereocenters. The molecule has 98 valence electrons. The summed E-state index contributed by atoms with van der Waals surface area (Å²) in [6.45, 7) is 7.23. The molecular formula is C17H24O. The number of fused-ring (bicyclic) bond motifs is 4. The number of phenolic OH excluding ortho intramolecular Hbond substituents is 1. The van der Waals surface area contributed by atoms with Gasteiger partial charge in [0.05, 0.1) is 0 Å². The lowest BCUT2D eigenvalue weighted by Crippen LogP contribution is -2.53. The van der Waals surface area contributed by atoms with E-state index in [0.29, 0.717) is 11.2 Å². The van der Waals surface area contributed by atoms with Crippen LogP contribution in [0.1, 0.15) is 57.6 Å². The molecule has 2 aliphatic carbocycles. The summed E-state index contributed by atoms with van der Waals surface area (Å²) in [5.41, 5.74) is 3.56. The first-order valence-corrected chi connectivity index (χ1v) is 7.33. The molecule has 1 heteroatoms. The van der Waals surface area contributed by atoms with Crippen LogP contribution < -0.4 is 0 Å². The fourth-order valence-corrected chi connectivity index (χ4v) is 4.84. The summed E-state index contributed by atoms with van der Waals surface area (Å²) < 4.78 is 0. The Hall–Kier alpha value is -0.980. The van der Waals surface area contributed by atoms with Gasteiger partial charge in [-0.1, -0.05) is 33.3 Å². The van der Waals surface area contributed by atoms with Crippen LogP contribution in [-0.4, -0.2) is 5.11 Å². The maximum absolute atomic E-state index is 9.87. The van der Waals surface area contributed by atoms with E-state index in [0.717, 1.165) is 5.92 Å². The predicted octanol–water partition coefficient (Wildman–Crippen LogP) is 4.42. The van der Waals surface area contributed by atoms with Gasteiger partial charge in [0.1, 0.15) is 5.75 Å². The number of rotatable bonds is 1. The summed E-state index contributed by atoms with van der Waals surface area (Å²) in [4.78, 5) is 0. The van der Waals surface area contributed by atoms with Gasteiger partial charge in [-0.15, -0.1) is 0 Å². The van der Waals surface area contributed by atoms with Crippen molar-refractivity contribution in [3.8, 4) is 5.75 Å². The largest absolute Gasteiger partial charge is 0.508 e. The van der Waals surface area contributed by atoms with Crippen LogP contribution in [0.4, 0.5) is 0 Å². The molecule has 1 N–H and O–H groups in total. The molecule has 0 heterocycles. The Morgan fingerprint density at radius 1 is 1.33 bits per heavy atom. The van der Waals surface area contributed by atoms with Crippen molar-refractivity contribution < 1.29 is 5.11 Å². The molecule has 0 aliphatic heterocycles. The number of hydrogen-bond acceptors (Lipinski definition) is 1. The number of hydrogen-bond donors (Lipinski definition) is 1. The van der Waals surface area contributed by atoms with Crippen molar-refractivity contribution in [1.29, 1.82) is 0 Å². The third kappa shape index (κ3) is 1.34. The van der Waals surface area contributed by atoms with Crippen LogP contribution in [-0.2, 0) is 11.8 Å². The van der Waals surface area contributed by atoms with Crippen LogP contribution in [0.3, 0.4) is 0 Å². The molecule has 0 radical (unpaired) electrons. The van der Waals surface area contributed by atoms with Gasteiger partial charge in [0.15, 0.2) is 0 Å². The summed E-state index contributed by atoms with van der Waals surface area (Å²) in [6.07, 6.45) is 6.38.